The first-order valence-electron chi connectivity index (χ1n) is 12.5. The van der Waals surface area contributed by atoms with Crippen molar-refractivity contribution < 1.29 is 5.11 Å². The summed E-state index contributed by atoms with van der Waals surface area (Å²) in [5.74, 6) is 0.898. The molecule has 2 aromatic rings. The molecule has 2 fully saturated rings. The van der Waals surface area contributed by atoms with Crippen LogP contribution in [-0.4, -0.2) is 71.7 Å². The number of likely N-dealkylation sites (tertiary alicyclic amines) is 1. The molecule has 2 aliphatic heterocycles. The van der Waals surface area contributed by atoms with Gasteiger partial charge in [-0.1, -0.05) is 24.2 Å². The third-order valence-corrected chi connectivity index (χ3v) is 8.27. The smallest absolute Gasteiger partial charge is 0.171 e. The molecular weight excluding hydrogens is 446 g/mol. The number of piperazine rings is 1. The number of pyridine rings is 1. The molecule has 2 N–H and O–H groups in total. The summed E-state index contributed by atoms with van der Waals surface area (Å²) in [5.41, 5.74) is 4.49. The Bertz CT molecular complexity index is 1050. The van der Waals surface area contributed by atoms with Crippen molar-refractivity contribution in [1.82, 2.24) is 20.1 Å². The van der Waals surface area contributed by atoms with Gasteiger partial charge in [-0.3, -0.25) is 9.80 Å². The van der Waals surface area contributed by atoms with E-state index in [9.17, 15) is 5.11 Å². The monoisotopic (exact) mass is 481 g/mol. The number of piperidine rings is 1. The lowest BCUT2D eigenvalue weighted by molar-refractivity contribution is 0.0553. The highest BCUT2D eigenvalue weighted by Crippen LogP contribution is 2.39. The second-order valence-corrected chi connectivity index (χ2v) is 10.4. The summed E-state index contributed by atoms with van der Waals surface area (Å²) in [4.78, 5) is 12.2. The number of nitrogens with zero attached hydrogens (tertiary/aromatic N) is 4. The molecule has 2 unspecified atom stereocenters. The number of hydrogen-bond acceptors (Lipinski definition) is 6. The van der Waals surface area contributed by atoms with Crippen molar-refractivity contribution in [3.05, 3.63) is 58.8 Å². The van der Waals surface area contributed by atoms with Gasteiger partial charge >= 0.3 is 0 Å². The quantitative estimate of drug-likeness (QED) is 0.664. The van der Waals surface area contributed by atoms with Crippen LogP contribution in [0.4, 0.5) is 5.82 Å². The molecule has 0 saturated carbocycles. The molecule has 1 aromatic carbocycles. The van der Waals surface area contributed by atoms with Crippen LogP contribution < -0.4 is 10.2 Å². The first kappa shape index (κ1) is 23.5. The average molecular weight is 482 g/mol. The van der Waals surface area contributed by atoms with Crippen LogP contribution in [0.3, 0.4) is 0 Å². The van der Waals surface area contributed by atoms with Gasteiger partial charge in [0.1, 0.15) is 0 Å². The molecule has 2 saturated heterocycles. The summed E-state index contributed by atoms with van der Waals surface area (Å²) in [6, 6.07) is 9.80. The SMILES string of the molecule is C=C(NC)c1cnc(N2CCN(C3CCN(C4CCc5cc(Cl)ccc54)CC3)C(C)C2)c(O)c1. The Labute approximate surface area is 208 Å². The van der Waals surface area contributed by atoms with Gasteiger partial charge in [0.25, 0.3) is 0 Å². The lowest BCUT2D eigenvalue weighted by Gasteiger charge is -2.47. The number of nitrogens with one attached hydrogen (secondary N) is 1. The molecule has 1 aliphatic carbocycles. The summed E-state index contributed by atoms with van der Waals surface area (Å²) in [6.45, 7) is 11.3. The van der Waals surface area contributed by atoms with Gasteiger partial charge in [0.2, 0.25) is 0 Å². The van der Waals surface area contributed by atoms with Crippen molar-refractivity contribution in [2.75, 3.05) is 44.7 Å². The molecule has 0 bridgehead atoms. The fraction of sp³-hybridized carbons (Fsp3) is 0.519. The lowest BCUT2D eigenvalue weighted by Crippen LogP contribution is -2.57. The standard InChI is InChI=1S/C27H36ClN5O/c1-18-17-32(27-26(34)15-21(16-30-27)19(2)29-3)12-13-33(18)23-8-10-31(11-9-23)25-7-4-20-14-22(28)5-6-24(20)25/h5-6,14-16,18,23,25,29,34H,2,4,7-13,17H2,1,3H3. The van der Waals surface area contributed by atoms with Crippen LogP contribution in [0, 0.1) is 0 Å². The van der Waals surface area contributed by atoms with Crippen molar-refractivity contribution in [1.29, 1.82) is 0 Å². The molecular formula is C27H36ClN5O. The largest absolute Gasteiger partial charge is 0.504 e. The van der Waals surface area contributed by atoms with Crippen molar-refractivity contribution in [2.24, 2.45) is 0 Å². The zero-order valence-corrected chi connectivity index (χ0v) is 21.1. The Morgan fingerprint density at radius 3 is 2.65 bits per heavy atom. The van der Waals surface area contributed by atoms with E-state index in [1.165, 1.54) is 30.4 Å². The van der Waals surface area contributed by atoms with Gasteiger partial charge in [-0.05, 0) is 61.9 Å². The predicted molar refractivity (Wildman–Crippen MR) is 139 cm³/mol. The number of hydrogen-bond donors (Lipinski definition) is 2. The molecule has 182 valence electrons. The summed E-state index contributed by atoms with van der Waals surface area (Å²) in [6.07, 6.45) is 6.58. The van der Waals surface area contributed by atoms with Gasteiger partial charge in [-0.2, -0.15) is 0 Å². The highest BCUT2D eigenvalue weighted by molar-refractivity contribution is 6.30. The van der Waals surface area contributed by atoms with Gasteiger partial charge in [0.15, 0.2) is 11.6 Å². The van der Waals surface area contributed by atoms with Gasteiger partial charge in [0.05, 0.1) is 0 Å². The Morgan fingerprint density at radius 2 is 1.94 bits per heavy atom. The molecule has 0 spiro atoms. The Morgan fingerprint density at radius 1 is 1.15 bits per heavy atom. The fourth-order valence-corrected chi connectivity index (χ4v) is 6.37. The summed E-state index contributed by atoms with van der Waals surface area (Å²) in [5, 5.41) is 14.5. The molecule has 5 rings (SSSR count). The second kappa shape index (κ2) is 9.76. The van der Waals surface area contributed by atoms with E-state index >= 15 is 0 Å². The number of fused-ring (bicyclic) bond motifs is 1. The van der Waals surface area contributed by atoms with Crippen LogP contribution in [0.15, 0.2) is 37.0 Å². The van der Waals surface area contributed by atoms with Crippen molar-refractivity contribution in [3.8, 4) is 5.75 Å². The summed E-state index contributed by atoms with van der Waals surface area (Å²) < 4.78 is 0. The maximum absolute atomic E-state index is 10.6. The van der Waals surface area contributed by atoms with E-state index in [4.69, 9.17) is 11.6 Å². The number of aromatic nitrogens is 1. The first-order valence-corrected chi connectivity index (χ1v) is 12.9. The van der Waals surface area contributed by atoms with Crippen LogP contribution in [-0.2, 0) is 6.42 Å². The van der Waals surface area contributed by atoms with E-state index in [0.717, 1.165) is 55.4 Å². The number of rotatable bonds is 5. The lowest BCUT2D eigenvalue weighted by atomic mass is 9.97. The van der Waals surface area contributed by atoms with Gasteiger partial charge in [-0.15, -0.1) is 0 Å². The molecule has 1 aromatic heterocycles. The number of aromatic hydroxyl groups is 1. The van der Waals surface area contributed by atoms with Crippen molar-refractivity contribution in [2.45, 2.75) is 50.7 Å². The molecule has 0 amide bonds. The highest BCUT2D eigenvalue weighted by Gasteiger charge is 2.35. The third-order valence-electron chi connectivity index (χ3n) is 8.04. The average Bonchev–Trinajstić information content (AvgIpc) is 3.26. The Hall–Kier alpha value is -2.28. The van der Waals surface area contributed by atoms with E-state index in [1.54, 1.807) is 12.3 Å². The van der Waals surface area contributed by atoms with Crippen LogP contribution in [0.2, 0.25) is 5.02 Å². The normalized spacial score (nSPS) is 24.3. The second-order valence-electron chi connectivity index (χ2n) is 9.99. The minimum atomic E-state index is 0.223. The van der Waals surface area contributed by atoms with Crippen LogP contribution >= 0.6 is 11.6 Å². The fourth-order valence-electron chi connectivity index (χ4n) is 6.18. The number of halogens is 1. The molecule has 7 heteroatoms. The molecule has 0 radical (unpaired) electrons. The molecule has 6 nitrogen and oxygen atoms in total. The number of anilines is 1. The minimum absolute atomic E-state index is 0.223. The Balaban J connectivity index is 1.18. The zero-order valence-electron chi connectivity index (χ0n) is 20.3. The first-order chi connectivity index (χ1) is 16.4. The van der Waals surface area contributed by atoms with Crippen LogP contribution in [0.1, 0.15) is 48.9 Å². The maximum Gasteiger partial charge on any atom is 0.171 e. The summed E-state index contributed by atoms with van der Waals surface area (Å²) >= 11 is 6.21. The van der Waals surface area contributed by atoms with Gasteiger partial charge in [-0.25, -0.2) is 4.98 Å². The zero-order chi connectivity index (χ0) is 23.8. The van der Waals surface area contributed by atoms with Crippen LogP contribution in [0.25, 0.3) is 5.70 Å². The predicted octanol–water partition coefficient (Wildman–Crippen LogP) is 4.29. The molecule has 3 aliphatic rings. The number of aryl methyl sites for hydroxylation is 1. The van der Waals surface area contributed by atoms with E-state index in [-0.39, 0.29) is 5.75 Å². The number of benzene rings is 1. The van der Waals surface area contributed by atoms with E-state index in [2.05, 4.69) is 50.6 Å². The highest BCUT2D eigenvalue weighted by atomic mass is 35.5. The third kappa shape index (κ3) is 4.51. The van der Waals surface area contributed by atoms with Crippen LogP contribution in [0.5, 0.6) is 5.75 Å². The van der Waals surface area contributed by atoms with E-state index in [1.807, 2.05) is 13.1 Å². The van der Waals surface area contributed by atoms with Crippen molar-refractivity contribution >= 4 is 23.1 Å². The minimum Gasteiger partial charge on any atom is -0.504 e. The van der Waals surface area contributed by atoms with Gasteiger partial charge in [0, 0.05) is 80.4 Å². The maximum atomic E-state index is 10.6. The van der Waals surface area contributed by atoms with E-state index < -0.39 is 0 Å². The van der Waals surface area contributed by atoms with Crippen molar-refractivity contribution in [3.63, 3.8) is 0 Å². The Kier molecular flexibility index (Phi) is 6.74. The molecule has 2 atom stereocenters. The van der Waals surface area contributed by atoms with E-state index in [0.29, 0.717) is 23.9 Å². The molecule has 34 heavy (non-hydrogen) atoms. The summed E-state index contributed by atoms with van der Waals surface area (Å²) in [7, 11) is 1.82. The molecule has 3 heterocycles. The van der Waals surface area contributed by atoms with Gasteiger partial charge < -0.3 is 15.3 Å². The topological polar surface area (TPSA) is 54.9 Å².